The highest BCUT2D eigenvalue weighted by Gasteiger charge is 2.07. The van der Waals surface area contributed by atoms with Crippen molar-refractivity contribution in [2.24, 2.45) is 0 Å². The van der Waals surface area contributed by atoms with Crippen LogP contribution in [0, 0.1) is 0 Å². The van der Waals surface area contributed by atoms with Gasteiger partial charge in [-0.25, -0.2) is 4.98 Å². The van der Waals surface area contributed by atoms with Crippen molar-refractivity contribution in [3.63, 3.8) is 0 Å². The Hall–Kier alpha value is -3.34. The summed E-state index contributed by atoms with van der Waals surface area (Å²) < 4.78 is 5.41. The lowest BCUT2D eigenvalue weighted by Gasteiger charge is -2.19. The number of anilines is 3. The van der Waals surface area contributed by atoms with Gasteiger partial charge in [-0.05, 0) is 36.4 Å². The molecule has 0 spiro atoms. The summed E-state index contributed by atoms with van der Waals surface area (Å²) in [6.45, 7) is -0.0582. The molecule has 5 nitrogen and oxygen atoms in total. The molecule has 1 heterocycles. The number of nitrogens with zero attached hydrogens (tertiary/aromatic N) is 2. The number of hydrogen-bond acceptors (Lipinski definition) is 4. The van der Waals surface area contributed by atoms with Gasteiger partial charge in [0, 0.05) is 12.7 Å². The summed E-state index contributed by atoms with van der Waals surface area (Å²) in [4.78, 5) is 18.3. The Morgan fingerprint density at radius 1 is 0.960 bits per heavy atom. The Bertz CT molecular complexity index is 805. The van der Waals surface area contributed by atoms with E-state index in [4.69, 9.17) is 4.74 Å². The SMILES string of the molecule is CN(c1ccccc1)c1ccc(NC(=O)COc2ccccc2)nc1. The fraction of sp³-hybridized carbons (Fsp3) is 0.100. The Morgan fingerprint density at radius 3 is 2.28 bits per heavy atom. The second kappa shape index (κ2) is 7.97. The smallest absolute Gasteiger partial charge is 0.263 e. The van der Waals surface area contributed by atoms with Crippen LogP contribution < -0.4 is 15.0 Å². The van der Waals surface area contributed by atoms with Crippen molar-refractivity contribution in [1.29, 1.82) is 0 Å². The van der Waals surface area contributed by atoms with Crippen LogP contribution >= 0.6 is 0 Å². The third kappa shape index (κ3) is 4.57. The predicted octanol–water partition coefficient (Wildman–Crippen LogP) is 3.87. The number of carbonyl (C=O) groups is 1. The zero-order valence-corrected chi connectivity index (χ0v) is 13.9. The number of benzene rings is 2. The van der Waals surface area contributed by atoms with Crippen LogP contribution in [0.4, 0.5) is 17.2 Å². The molecule has 0 bridgehead atoms. The van der Waals surface area contributed by atoms with Crippen molar-refractivity contribution in [2.75, 3.05) is 23.9 Å². The van der Waals surface area contributed by atoms with Crippen LogP contribution in [0.3, 0.4) is 0 Å². The summed E-state index contributed by atoms with van der Waals surface area (Å²) in [6.07, 6.45) is 1.72. The molecule has 3 aromatic rings. The van der Waals surface area contributed by atoms with E-state index in [9.17, 15) is 4.79 Å². The molecule has 0 fully saturated rings. The molecular weight excluding hydrogens is 314 g/mol. The first-order valence-electron chi connectivity index (χ1n) is 7.95. The molecule has 0 aliphatic heterocycles. The van der Waals surface area contributed by atoms with Crippen LogP contribution in [-0.2, 0) is 4.79 Å². The topological polar surface area (TPSA) is 54.5 Å². The largest absolute Gasteiger partial charge is 0.484 e. The van der Waals surface area contributed by atoms with Gasteiger partial charge in [-0.1, -0.05) is 36.4 Å². The van der Waals surface area contributed by atoms with Crippen LogP contribution in [0.1, 0.15) is 0 Å². The van der Waals surface area contributed by atoms with Crippen LogP contribution in [-0.4, -0.2) is 24.5 Å². The van der Waals surface area contributed by atoms with E-state index in [-0.39, 0.29) is 12.5 Å². The summed E-state index contributed by atoms with van der Waals surface area (Å²) in [5.41, 5.74) is 2.00. The fourth-order valence-electron chi connectivity index (χ4n) is 2.30. The molecule has 0 unspecified atom stereocenters. The molecule has 1 amide bonds. The van der Waals surface area contributed by atoms with E-state index in [1.807, 2.05) is 66.5 Å². The number of ether oxygens (including phenoxy) is 1. The fourth-order valence-corrected chi connectivity index (χ4v) is 2.30. The Labute approximate surface area is 146 Å². The van der Waals surface area contributed by atoms with E-state index in [1.165, 1.54) is 0 Å². The molecular formula is C20H19N3O2. The summed E-state index contributed by atoms with van der Waals surface area (Å²) in [7, 11) is 1.97. The van der Waals surface area contributed by atoms with Gasteiger partial charge in [0.15, 0.2) is 6.61 Å². The number of pyridine rings is 1. The van der Waals surface area contributed by atoms with Gasteiger partial charge in [-0.2, -0.15) is 0 Å². The maximum Gasteiger partial charge on any atom is 0.263 e. The molecule has 0 saturated carbocycles. The number of carbonyl (C=O) groups excluding carboxylic acids is 1. The van der Waals surface area contributed by atoms with Crippen LogP contribution in [0.5, 0.6) is 5.75 Å². The highest BCUT2D eigenvalue weighted by Crippen LogP contribution is 2.23. The van der Waals surface area contributed by atoms with E-state index in [0.717, 1.165) is 11.4 Å². The molecule has 25 heavy (non-hydrogen) atoms. The highest BCUT2D eigenvalue weighted by atomic mass is 16.5. The van der Waals surface area contributed by atoms with Crippen LogP contribution in [0.2, 0.25) is 0 Å². The van der Waals surface area contributed by atoms with Crippen molar-refractivity contribution in [3.8, 4) is 5.75 Å². The minimum absolute atomic E-state index is 0.0582. The summed E-state index contributed by atoms with van der Waals surface area (Å²) in [6, 6.07) is 22.9. The number of hydrogen-bond donors (Lipinski definition) is 1. The number of para-hydroxylation sites is 2. The standard InChI is InChI=1S/C20H19N3O2/c1-23(16-8-4-2-5-9-16)17-12-13-19(21-14-17)22-20(24)15-25-18-10-6-3-7-11-18/h2-14H,15H2,1H3,(H,21,22,24). The summed E-state index contributed by atoms with van der Waals surface area (Å²) >= 11 is 0. The number of nitrogens with one attached hydrogen (secondary N) is 1. The third-order valence-corrected chi connectivity index (χ3v) is 3.66. The lowest BCUT2D eigenvalue weighted by Crippen LogP contribution is -2.20. The lowest BCUT2D eigenvalue weighted by molar-refractivity contribution is -0.118. The quantitative estimate of drug-likeness (QED) is 0.744. The van der Waals surface area contributed by atoms with Gasteiger partial charge in [-0.15, -0.1) is 0 Å². The van der Waals surface area contributed by atoms with Crippen LogP contribution in [0.15, 0.2) is 79.0 Å². The van der Waals surface area contributed by atoms with Crippen molar-refractivity contribution in [1.82, 2.24) is 4.98 Å². The number of amides is 1. The van der Waals surface area contributed by atoms with Gasteiger partial charge in [0.1, 0.15) is 11.6 Å². The monoisotopic (exact) mass is 333 g/mol. The second-order valence-electron chi connectivity index (χ2n) is 5.45. The van der Waals surface area contributed by atoms with Crippen molar-refractivity contribution >= 4 is 23.1 Å². The predicted molar refractivity (Wildman–Crippen MR) is 99.3 cm³/mol. The van der Waals surface area contributed by atoms with Crippen molar-refractivity contribution in [2.45, 2.75) is 0 Å². The van der Waals surface area contributed by atoms with E-state index in [1.54, 1.807) is 24.4 Å². The summed E-state index contributed by atoms with van der Waals surface area (Å²) in [5, 5.41) is 2.72. The lowest BCUT2D eigenvalue weighted by atomic mass is 10.2. The minimum Gasteiger partial charge on any atom is -0.484 e. The molecule has 0 aliphatic carbocycles. The molecule has 1 N–H and O–H groups in total. The second-order valence-corrected chi connectivity index (χ2v) is 5.45. The molecule has 1 aromatic heterocycles. The zero-order chi connectivity index (χ0) is 17.5. The van der Waals surface area contributed by atoms with Gasteiger partial charge in [0.2, 0.25) is 0 Å². The number of rotatable bonds is 6. The molecule has 0 saturated heterocycles. The van der Waals surface area contributed by atoms with E-state index < -0.39 is 0 Å². The van der Waals surface area contributed by atoms with E-state index in [2.05, 4.69) is 10.3 Å². The molecule has 5 heteroatoms. The zero-order valence-electron chi connectivity index (χ0n) is 13.9. The molecule has 0 aliphatic rings. The van der Waals surface area contributed by atoms with Crippen molar-refractivity contribution in [3.05, 3.63) is 79.0 Å². The molecule has 126 valence electrons. The summed E-state index contributed by atoms with van der Waals surface area (Å²) in [5.74, 6) is 0.901. The highest BCUT2D eigenvalue weighted by molar-refractivity contribution is 5.91. The Morgan fingerprint density at radius 2 is 1.64 bits per heavy atom. The molecule has 0 radical (unpaired) electrons. The third-order valence-electron chi connectivity index (χ3n) is 3.66. The van der Waals surface area contributed by atoms with Gasteiger partial charge in [0.05, 0.1) is 11.9 Å². The van der Waals surface area contributed by atoms with E-state index in [0.29, 0.717) is 11.6 Å². The maximum absolute atomic E-state index is 11.9. The minimum atomic E-state index is -0.250. The first-order chi connectivity index (χ1) is 12.2. The van der Waals surface area contributed by atoms with Gasteiger partial charge >= 0.3 is 0 Å². The van der Waals surface area contributed by atoms with E-state index >= 15 is 0 Å². The van der Waals surface area contributed by atoms with Gasteiger partial charge in [0.25, 0.3) is 5.91 Å². The maximum atomic E-state index is 11.9. The van der Waals surface area contributed by atoms with Gasteiger partial charge in [-0.3, -0.25) is 4.79 Å². The first-order valence-corrected chi connectivity index (χ1v) is 7.95. The molecule has 3 rings (SSSR count). The normalized spacial score (nSPS) is 10.1. The van der Waals surface area contributed by atoms with Crippen molar-refractivity contribution < 1.29 is 9.53 Å². The molecule has 0 atom stereocenters. The Balaban J connectivity index is 1.56. The van der Waals surface area contributed by atoms with Crippen LogP contribution in [0.25, 0.3) is 0 Å². The Kier molecular flexibility index (Phi) is 5.26. The number of aromatic nitrogens is 1. The average molecular weight is 333 g/mol. The average Bonchev–Trinajstić information content (AvgIpc) is 2.68. The molecule has 2 aromatic carbocycles. The first kappa shape index (κ1) is 16.5. The van der Waals surface area contributed by atoms with Gasteiger partial charge < -0.3 is 15.0 Å².